The van der Waals surface area contributed by atoms with Crippen LogP contribution in [0.5, 0.6) is 11.5 Å². The average Bonchev–Trinajstić information content (AvgIpc) is 2.91. The number of fused-ring (bicyclic) bond motifs is 3. The minimum Gasteiger partial charge on any atom is -0.493 e. The van der Waals surface area contributed by atoms with Crippen molar-refractivity contribution >= 4 is 5.97 Å². The van der Waals surface area contributed by atoms with Crippen molar-refractivity contribution in [1.82, 2.24) is 4.90 Å². The highest BCUT2D eigenvalue weighted by Crippen LogP contribution is 2.44. The van der Waals surface area contributed by atoms with Crippen molar-refractivity contribution in [2.75, 3.05) is 27.2 Å². The van der Waals surface area contributed by atoms with E-state index >= 15 is 0 Å². The molecule has 0 radical (unpaired) electrons. The summed E-state index contributed by atoms with van der Waals surface area (Å²) >= 11 is 0. The number of ether oxygens (including phenoxy) is 3. The lowest BCUT2D eigenvalue weighted by Crippen LogP contribution is -2.51. The molecule has 0 aromatic heterocycles. The van der Waals surface area contributed by atoms with Crippen molar-refractivity contribution in [2.45, 2.75) is 64.9 Å². The summed E-state index contributed by atoms with van der Waals surface area (Å²) in [5, 5.41) is 0. The van der Waals surface area contributed by atoms with Gasteiger partial charge in [0.05, 0.1) is 19.7 Å². The predicted octanol–water partition coefficient (Wildman–Crippen LogP) is 3.56. The van der Waals surface area contributed by atoms with Crippen molar-refractivity contribution in [3.05, 3.63) is 23.2 Å². The molecule has 2 aliphatic heterocycles. The van der Waals surface area contributed by atoms with E-state index in [-0.39, 0.29) is 4.90 Å². The van der Waals surface area contributed by atoms with Crippen LogP contribution in [-0.4, -0.2) is 50.2 Å². The molecule has 1 aromatic rings. The van der Waals surface area contributed by atoms with Gasteiger partial charge in [0.25, 0.3) is 0 Å². The molecule has 2 aliphatic rings. The topological polar surface area (TPSA) is 74.0 Å². The lowest BCUT2D eigenvalue weighted by atomic mass is 9.79. The molecule has 6 heteroatoms. The van der Waals surface area contributed by atoms with Crippen LogP contribution in [0.1, 0.15) is 84.9 Å². The molecular weight excluding hydrogens is 380 g/mol. The molecule has 0 bridgehead atoms. The van der Waals surface area contributed by atoms with Crippen LogP contribution >= 0.6 is 0 Å². The first-order chi connectivity index (χ1) is 22.0. The van der Waals surface area contributed by atoms with Gasteiger partial charge in [0.2, 0.25) is 0 Å². The summed E-state index contributed by atoms with van der Waals surface area (Å²) in [6.07, 6.45) is -11.4. The third-order valence-electron chi connectivity index (χ3n) is 4.28. The van der Waals surface area contributed by atoms with Gasteiger partial charge in [-0.05, 0) is 47.8 Å². The smallest absolute Gasteiger partial charge is 0.323 e. The van der Waals surface area contributed by atoms with Crippen LogP contribution in [0, 0.1) is 17.7 Å². The molecular formula is C24H38N2O4. The van der Waals surface area contributed by atoms with Crippen LogP contribution in [0.15, 0.2) is 12.1 Å². The van der Waals surface area contributed by atoms with E-state index in [1.54, 1.807) is 0 Å². The number of nitrogens with two attached hydrogens (primary N) is 1. The van der Waals surface area contributed by atoms with Crippen LogP contribution in [-0.2, 0) is 15.9 Å². The van der Waals surface area contributed by atoms with Gasteiger partial charge in [-0.15, -0.1) is 0 Å². The van der Waals surface area contributed by atoms with Crippen molar-refractivity contribution in [3.63, 3.8) is 0 Å². The summed E-state index contributed by atoms with van der Waals surface area (Å²) in [7, 11) is 1.97. The number of hydrogen-bond acceptors (Lipinski definition) is 6. The maximum Gasteiger partial charge on any atom is 0.323 e. The molecule has 0 aliphatic carbocycles. The molecule has 3 rings (SSSR count). The number of hydrogen-bond donors (Lipinski definition) is 1. The molecule has 2 N–H and O–H groups in total. The van der Waals surface area contributed by atoms with Gasteiger partial charge in [-0.2, -0.15) is 0 Å². The van der Waals surface area contributed by atoms with E-state index in [2.05, 4.69) is 0 Å². The minimum absolute atomic E-state index is 0.255. The number of rotatable bonds is 7. The molecule has 0 amide bonds. The number of piperidine rings is 1. The van der Waals surface area contributed by atoms with Crippen LogP contribution in [0.2, 0.25) is 0 Å². The van der Waals surface area contributed by atoms with Crippen molar-refractivity contribution < 1.29 is 46.4 Å². The fourth-order valence-electron chi connectivity index (χ4n) is 2.90. The Kier molecular flexibility index (Phi) is 2.64. The summed E-state index contributed by atoms with van der Waals surface area (Å²) in [5.74, 6) is -12.1. The fraction of sp³-hybridized carbons (Fsp3) is 0.708. The number of nitrogens with zero attached hydrogens (tertiary/aromatic N) is 1. The number of carbonyl (C=O) groups is 1. The Bertz CT molecular complexity index is 1530. The molecule has 3 unspecified atom stereocenters. The zero-order chi connectivity index (χ0) is 39.6. The van der Waals surface area contributed by atoms with Crippen LogP contribution in [0.25, 0.3) is 0 Å². The third kappa shape index (κ3) is 4.75. The zero-order valence-corrected chi connectivity index (χ0v) is 17.0. The second kappa shape index (κ2) is 9.56. The standard InChI is InChI=1S/C24H38N2O4/c1-14(2)9-17-13-26-8-7-16-10-21(28-5)22(29-6)11-18(16)19(26)12-20(17)30-24(27)23(25)15(3)4/h10-11,14-15,17,19-20,23H,7-9,12-13,25H2,1-6H3/t17?,19?,20?,23-/m0/s1/i3D3,4D3,7D2,8D2,10D,11D,12D2,13D2,15D,17D,19D,23D. The molecule has 0 spiro atoms. The molecule has 30 heavy (non-hydrogen) atoms. The Labute approximate surface area is 209 Å². The second-order valence-electron chi connectivity index (χ2n) is 6.94. The van der Waals surface area contributed by atoms with Gasteiger partial charge >= 0.3 is 5.97 Å². The van der Waals surface area contributed by atoms with E-state index in [1.165, 1.54) is 13.8 Å². The van der Waals surface area contributed by atoms with E-state index < -0.39 is 122 Å². The summed E-state index contributed by atoms with van der Waals surface area (Å²) < 4.78 is 187. The largest absolute Gasteiger partial charge is 0.493 e. The van der Waals surface area contributed by atoms with Gasteiger partial charge in [0, 0.05) is 53.2 Å². The molecule has 1 saturated heterocycles. The molecule has 6 nitrogen and oxygen atoms in total. The summed E-state index contributed by atoms with van der Waals surface area (Å²) in [4.78, 5) is 13.5. The first-order valence-electron chi connectivity index (χ1n) is 19.1. The monoisotopic (exact) mass is 438 g/mol. The normalized spacial score (nSPS) is 48.5. The van der Waals surface area contributed by atoms with Gasteiger partial charge in [-0.25, -0.2) is 0 Å². The zero-order valence-electron chi connectivity index (χ0n) is 37.0. The molecule has 1 aromatic carbocycles. The van der Waals surface area contributed by atoms with Gasteiger partial charge in [-0.3, -0.25) is 9.69 Å². The molecule has 4 atom stereocenters. The molecule has 168 valence electrons. The van der Waals surface area contributed by atoms with Crippen molar-refractivity contribution in [3.8, 4) is 11.5 Å². The van der Waals surface area contributed by atoms with Gasteiger partial charge in [0.1, 0.15) is 12.1 Å². The quantitative estimate of drug-likeness (QED) is 0.656. The Morgan fingerprint density at radius 2 is 2.10 bits per heavy atom. The van der Waals surface area contributed by atoms with E-state index in [9.17, 15) is 13.0 Å². The lowest BCUT2D eigenvalue weighted by Gasteiger charge is -2.47. The number of methoxy groups -OCH3 is 2. The van der Waals surface area contributed by atoms with Crippen molar-refractivity contribution in [1.29, 1.82) is 0 Å². The van der Waals surface area contributed by atoms with Crippen LogP contribution in [0.4, 0.5) is 0 Å². The molecule has 1 fully saturated rings. The number of carbonyl (C=O) groups excluding carboxylic acids is 1. The highest BCUT2D eigenvalue weighted by Gasteiger charge is 2.41. The van der Waals surface area contributed by atoms with Gasteiger partial charge < -0.3 is 19.9 Å². The summed E-state index contributed by atoms with van der Waals surface area (Å²) in [5.41, 5.74) is 3.33. The Balaban J connectivity index is 2.59. The van der Waals surface area contributed by atoms with Crippen LogP contribution in [0.3, 0.4) is 0 Å². The average molecular weight is 439 g/mol. The maximum atomic E-state index is 13.8. The van der Waals surface area contributed by atoms with Crippen molar-refractivity contribution in [2.24, 2.45) is 23.4 Å². The SMILES string of the molecule is [2H]c1c(OC)c(OC)c([2H])c2c1C([2H])([2H])C([2H])([2H])N1C([2H])([2H])C([2H])(CC(C)C)C(OC(=O)[C@@]([2H])(N)C([2H])(C([2H])([2H])[2H])C([2H])([2H])[2H])C([2H])([2H])C21[2H]. The van der Waals surface area contributed by atoms with E-state index in [0.29, 0.717) is 0 Å². The summed E-state index contributed by atoms with van der Waals surface area (Å²) in [6.45, 7) is -12.9. The van der Waals surface area contributed by atoms with E-state index in [1.807, 2.05) is 0 Å². The Morgan fingerprint density at radius 1 is 1.40 bits per heavy atom. The number of benzene rings is 1. The van der Waals surface area contributed by atoms with Crippen LogP contribution < -0.4 is 15.2 Å². The Hall–Kier alpha value is -1.79. The van der Waals surface area contributed by atoms with E-state index in [4.69, 9.17) is 39.1 Å². The maximum absolute atomic E-state index is 13.8. The highest BCUT2D eigenvalue weighted by molar-refractivity contribution is 5.76. The lowest BCUT2D eigenvalue weighted by molar-refractivity contribution is -0.160. The first kappa shape index (κ1) is 8.28. The third-order valence-corrected chi connectivity index (χ3v) is 4.28. The van der Waals surface area contributed by atoms with Gasteiger partial charge in [0.15, 0.2) is 11.5 Å². The first-order valence-corrected chi connectivity index (χ1v) is 9.07. The molecule has 2 heterocycles. The van der Waals surface area contributed by atoms with Gasteiger partial charge in [-0.1, -0.05) is 27.6 Å². The Morgan fingerprint density at radius 3 is 2.73 bits per heavy atom. The number of esters is 1. The fourth-order valence-corrected chi connectivity index (χ4v) is 2.90. The minimum atomic E-state index is -4.18. The predicted molar refractivity (Wildman–Crippen MR) is 118 cm³/mol. The highest BCUT2D eigenvalue weighted by atomic mass is 16.5. The molecule has 0 saturated carbocycles. The van der Waals surface area contributed by atoms with E-state index in [0.717, 1.165) is 14.2 Å². The summed E-state index contributed by atoms with van der Waals surface area (Å²) in [6, 6.07) is -10.00. The second-order valence-corrected chi connectivity index (χ2v) is 6.94.